The van der Waals surface area contributed by atoms with Crippen molar-refractivity contribution >= 4 is 5.91 Å². The summed E-state index contributed by atoms with van der Waals surface area (Å²) in [5, 5.41) is 3.16. The number of unbranched alkanes of at least 4 members (excludes halogenated alkanes) is 1. The molecular weight excluding hydrogens is 221 g/mol. The first kappa shape index (κ1) is 13.3. The fourth-order valence-electron chi connectivity index (χ4n) is 1.77. The van der Waals surface area contributed by atoms with E-state index in [1.807, 2.05) is 0 Å². The fourth-order valence-corrected chi connectivity index (χ4v) is 1.77. The number of hydrogen-bond donors (Lipinski definition) is 1. The summed E-state index contributed by atoms with van der Waals surface area (Å²) in [5.41, 5.74) is 0. The van der Waals surface area contributed by atoms with Crippen molar-refractivity contribution in [1.82, 2.24) is 10.2 Å². The summed E-state index contributed by atoms with van der Waals surface area (Å²) in [6.45, 7) is 3.22. The Kier molecular flexibility index (Phi) is 4.58. The van der Waals surface area contributed by atoms with Crippen molar-refractivity contribution in [3.63, 3.8) is 0 Å². The predicted molar refractivity (Wildman–Crippen MR) is 54.0 cm³/mol. The van der Waals surface area contributed by atoms with Crippen molar-refractivity contribution in [2.75, 3.05) is 19.6 Å². The van der Waals surface area contributed by atoms with Crippen LogP contribution in [0.1, 0.15) is 26.2 Å². The van der Waals surface area contributed by atoms with Gasteiger partial charge < -0.3 is 10.2 Å². The van der Waals surface area contributed by atoms with Crippen molar-refractivity contribution < 1.29 is 18.0 Å². The Morgan fingerprint density at radius 2 is 2.19 bits per heavy atom. The van der Waals surface area contributed by atoms with Gasteiger partial charge in [0.15, 0.2) is 0 Å². The zero-order chi connectivity index (χ0) is 12.2. The molecule has 0 bridgehead atoms. The van der Waals surface area contributed by atoms with Crippen molar-refractivity contribution in [1.29, 1.82) is 0 Å². The average Bonchev–Trinajstić information content (AvgIpc) is 2.64. The molecule has 0 aromatic carbocycles. The first-order valence-electron chi connectivity index (χ1n) is 5.54. The van der Waals surface area contributed by atoms with Gasteiger partial charge in [0, 0.05) is 19.1 Å². The lowest BCUT2D eigenvalue weighted by Crippen LogP contribution is -2.41. The van der Waals surface area contributed by atoms with Crippen LogP contribution in [0.5, 0.6) is 0 Å². The van der Waals surface area contributed by atoms with Gasteiger partial charge in [-0.15, -0.1) is 0 Å². The molecule has 1 fully saturated rings. The van der Waals surface area contributed by atoms with Gasteiger partial charge in [-0.1, -0.05) is 13.3 Å². The minimum atomic E-state index is -4.74. The van der Waals surface area contributed by atoms with Crippen LogP contribution in [0.2, 0.25) is 0 Å². The van der Waals surface area contributed by atoms with Gasteiger partial charge in [-0.05, 0) is 19.4 Å². The highest BCUT2D eigenvalue weighted by atomic mass is 19.4. The van der Waals surface area contributed by atoms with Gasteiger partial charge in [0.2, 0.25) is 0 Å². The van der Waals surface area contributed by atoms with E-state index in [9.17, 15) is 18.0 Å². The highest BCUT2D eigenvalue weighted by Crippen LogP contribution is 2.21. The molecule has 1 atom stereocenters. The predicted octanol–water partition coefficient (Wildman–Crippen LogP) is 1.54. The number of carbonyl (C=O) groups excluding carboxylic acids is 1. The fraction of sp³-hybridized carbons (Fsp3) is 0.900. The van der Waals surface area contributed by atoms with Gasteiger partial charge in [-0.2, -0.15) is 13.2 Å². The van der Waals surface area contributed by atoms with Gasteiger partial charge in [0.05, 0.1) is 0 Å². The highest BCUT2D eigenvalue weighted by Gasteiger charge is 2.44. The summed E-state index contributed by atoms with van der Waals surface area (Å²) in [6, 6.07) is 0.0119. The third-order valence-corrected chi connectivity index (χ3v) is 2.68. The average molecular weight is 238 g/mol. The van der Waals surface area contributed by atoms with Crippen LogP contribution >= 0.6 is 0 Å². The van der Waals surface area contributed by atoms with Gasteiger partial charge in [-0.3, -0.25) is 4.79 Å². The van der Waals surface area contributed by atoms with Gasteiger partial charge in [0.1, 0.15) is 0 Å². The number of nitrogens with zero attached hydrogens (tertiary/aromatic N) is 1. The van der Waals surface area contributed by atoms with Crippen LogP contribution in [0.4, 0.5) is 13.2 Å². The Balaban J connectivity index is 2.32. The Labute approximate surface area is 93.0 Å². The van der Waals surface area contributed by atoms with E-state index in [2.05, 4.69) is 12.2 Å². The molecule has 0 spiro atoms. The molecule has 16 heavy (non-hydrogen) atoms. The van der Waals surface area contributed by atoms with E-state index in [4.69, 9.17) is 0 Å². The quantitative estimate of drug-likeness (QED) is 0.753. The Morgan fingerprint density at radius 1 is 1.50 bits per heavy atom. The van der Waals surface area contributed by atoms with Gasteiger partial charge in [-0.25, -0.2) is 0 Å². The largest absolute Gasteiger partial charge is 0.471 e. The minimum Gasteiger partial charge on any atom is -0.333 e. The van der Waals surface area contributed by atoms with Crippen LogP contribution in [0.15, 0.2) is 0 Å². The maximum absolute atomic E-state index is 12.1. The van der Waals surface area contributed by atoms with Gasteiger partial charge >= 0.3 is 12.1 Å². The Bertz CT molecular complexity index is 243. The number of rotatable bonds is 4. The molecule has 0 radical (unpaired) electrons. The minimum absolute atomic E-state index is 0.0119. The molecule has 1 saturated heterocycles. The number of nitrogens with one attached hydrogen (secondary N) is 1. The first-order valence-corrected chi connectivity index (χ1v) is 5.54. The van der Waals surface area contributed by atoms with Gasteiger partial charge in [0.25, 0.3) is 0 Å². The summed E-state index contributed by atoms with van der Waals surface area (Å²) < 4.78 is 36.4. The van der Waals surface area contributed by atoms with Crippen molar-refractivity contribution in [2.24, 2.45) is 0 Å². The molecule has 1 aliphatic heterocycles. The molecule has 0 aromatic heterocycles. The molecule has 1 N–H and O–H groups in total. The smallest absolute Gasteiger partial charge is 0.333 e. The van der Waals surface area contributed by atoms with Crippen LogP contribution in [0.3, 0.4) is 0 Å². The maximum Gasteiger partial charge on any atom is 0.471 e. The lowest BCUT2D eigenvalue weighted by molar-refractivity contribution is -0.184. The summed E-state index contributed by atoms with van der Waals surface area (Å²) >= 11 is 0. The number of likely N-dealkylation sites (tertiary alicyclic amines) is 1. The molecule has 0 aromatic rings. The van der Waals surface area contributed by atoms with Crippen molar-refractivity contribution in [3.05, 3.63) is 0 Å². The van der Waals surface area contributed by atoms with Crippen molar-refractivity contribution in [3.8, 4) is 0 Å². The van der Waals surface area contributed by atoms with Crippen LogP contribution in [-0.4, -0.2) is 42.7 Å². The number of hydrogen-bond acceptors (Lipinski definition) is 2. The lowest BCUT2D eigenvalue weighted by atomic mass is 10.2. The molecule has 0 aliphatic carbocycles. The molecule has 0 unspecified atom stereocenters. The molecule has 6 heteroatoms. The first-order chi connectivity index (χ1) is 7.45. The van der Waals surface area contributed by atoms with E-state index in [0.29, 0.717) is 6.42 Å². The van der Waals surface area contributed by atoms with Crippen LogP contribution < -0.4 is 5.32 Å². The Hall–Kier alpha value is -0.780. The topological polar surface area (TPSA) is 32.3 Å². The third-order valence-electron chi connectivity index (χ3n) is 2.68. The maximum atomic E-state index is 12.1. The monoisotopic (exact) mass is 238 g/mol. The highest BCUT2D eigenvalue weighted by molar-refractivity contribution is 5.82. The molecule has 1 rings (SSSR count). The van der Waals surface area contributed by atoms with E-state index in [1.54, 1.807) is 0 Å². The zero-order valence-corrected chi connectivity index (χ0v) is 9.31. The molecule has 0 saturated carbocycles. The number of halogens is 3. The van der Waals surface area contributed by atoms with Crippen LogP contribution in [-0.2, 0) is 4.79 Å². The summed E-state index contributed by atoms with van der Waals surface area (Å²) in [6.07, 6.45) is -2.08. The molecule has 1 aliphatic rings. The molecule has 1 amide bonds. The van der Waals surface area contributed by atoms with Crippen LogP contribution in [0, 0.1) is 0 Å². The Morgan fingerprint density at radius 3 is 2.75 bits per heavy atom. The number of carbonyl (C=O) groups is 1. The van der Waals surface area contributed by atoms with E-state index in [1.165, 1.54) is 0 Å². The van der Waals surface area contributed by atoms with E-state index < -0.39 is 12.1 Å². The third kappa shape index (κ3) is 3.66. The SMILES string of the molecule is CCCCN[C@@H]1CCN(C(=O)C(F)(F)F)C1. The molecule has 94 valence electrons. The molecule has 3 nitrogen and oxygen atoms in total. The second-order valence-electron chi connectivity index (χ2n) is 4.04. The van der Waals surface area contributed by atoms with E-state index >= 15 is 0 Å². The number of amides is 1. The number of alkyl halides is 3. The summed E-state index contributed by atoms with van der Waals surface area (Å²) in [5.74, 6) is -1.72. The molecular formula is C10H17F3N2O. The standard InChI is InChI=1S/C10H17F3N2O/c1-2-3-5-14-8-4-6-15(7-8)9(16)10(11,12)13/h8,14H,2-7H2,1H3/t8-/m1/s1. The summed E-state index contributed by atoms with van der Waals surface area (Å²) in [4.78, 5) is 11.8. The van der Waals surface area contributed by atoms with E-state index in [0.717, 1.165) is 24.3 Å². The van der Waals surface area contributed by atoms with Crippen LogP contribution in [0.25, 0.3) is 0 Å². The molecule has 1 heterocycles. The normalized spacial score (nSPS) is 21.5. The lowest BCUT2D eigenvalue weighted by Gasteiger charge is -2.18. The second-order valence-corrected chi connectivity index (χ2v) is 4.04. The summed E-state index contributed by atoms with van der Waals surface area (Å²) in [7, 11) is 0. The zero-order valence-electron chi connectivity index (χ0n) is 9.31. The second kappa shape index (κ2) is 5.52. The van der Waals surface area contributed by atoms with Crippen molar-refractivity contribution in [2.45, 2.75) is 38.4 Å². The van der Waals surface area contributed by atoms with E-state index in [-0.39, 0.29) is 19.1 Å².